The van der Waals surface area contributed by atoms with E-state index < -0.39 is 0 Å². The van der Waals surface area contributed by atoms with Gasteiger partial charge in [-0.05, 0) is 32.1 Å². The Hall–Kier alpha value is -0.820. The molecule has 0 aromatic carbocycles. The van der Waals surface area contributed by atoms with Gasteiger partial charge >= 0.3 is 0 Å². The molecule has 2 atom stereocenters. The second kappa shape index (κ2) is 5.66. The first-order valence-corrected chi connectivity index (χ1v) is 8.59. The molecule has 3 rings (SSSR count). The highest BCUT2D eigenvalue weighted by Crippen LogP contribution is 2.38. The number of thioether (sulfide) groups is 1. The number of nitrogens with zero attached hydrogens (tertiary/aromatic N) is 4. The van der Waals surface area contributed by atoms with Crippen molar-refractivity contribution in [3.8, 4) is 0 Å². The Morgan fingerprint density at radius 3 is 2.95 bits per heavy atom. The monoisotopic (exact) mass is 297 g/mol. The van der Waals surface area contributed by atoms with Gasteiger partial charge < -0.3 is 5.73 Å². The highest BCUT2D eigenvalue weighted by molar-refractivity contribution is 8.14. The van der Waals surface area contributed by atoms with Crippen LogP contribution in [0.25, 0.3) is 0 Å². The molecule has 1 aliphatic carbocycles. The van der Waals surface area contributed by atoms with Crippen molar-refractivity contribution in [2.45, 2.75) is 32.6 Å². The zero-order valence-electron chi connectivity index (χ0n) is 11.1. The molecule has 1 fully saturated rings. The number of aromatic nitrogens is 2. The number of nitrogen functional groups attached to an aromatic ring is 1. The first-order chi connectivity index (χ1) is 9.24. The Kier molecular flexibility index (Phi) is 3.93. The molecule has 2 aliphatic rings. The van der Waals surface area contributed by atoms with Gasteiger partial charge in [-0.1, -0.05) is 23.1 Å². The minimum atomic E-state index is 0.582. The number of hydrogen-bond donors (Lipinski definition) is 1. The van der Waals surface area contributed by atoms with Crippen molar-refractivity contribution in [3.05, 3.63) is 5.01 Å². The van der Waals surface area contributed by atoms with Crippen LogP contribution in [0.5, 0.6) is 0 Å². The summed E-state index contributed by atoms with van der Waals surface area (Å²) in [7, 11) is 0. The highest BCUT2D eigenvalue weighted by Gasteiger charge is 2.31. The molecule has 1 aromatic heterocycles. The van der Waals surface area contributed by atoms with Crippen LogP contribution in [0.4, 0.5) is 5.13 Å². The number of anilines is 1. The van der Waals surface area contributed by atoms with E-state index in [1.165, 1.54) is 35.6 Å². The molecule has 5 nitrogen and oxygen atoms in total. The molecule has 0 amide bonds. The normalized spacial score (nSPS) is 27.0. The van der Waals surface area contributed by atoms with Crippen molar-refractivity contribution in [1.29, 1.82) is 0 Å². The largest absolute Gasteiger partial charge is 0.374 e. The Morgan fingerprint density at radius 1 is 1.37 bits per heavy atom. The van der Waals surface area contributed by atoms with Gasteiger partial charge in [0.25, 0.3) is 0 Å². The maximum atomic E-state index is 5.63. The van der Waals surface area contributed by atoms with E-state index in [4.69, 9.17) is 10.8 Å². The molecule has 2 N–H and O–H groups in total. The van der Waals surface area contributed by atoms with Crippen LogP contribution in [0.3, 0.4) is 0 Å². The van der Waals surface area contributed by atoms with Crippen molar-refractivity contribution in [2.24, 2.45) is 16.9 Å². The Balaban J connectivity index is 1.56. The molecule has 7 heteroatoms. The predicted molar refractivity (Wildman–Crippen MR) is 81.1 cm³/mol. The zero-order chi connectivity index (χ0) is 13.2. The van der Waals surface area contributed by atoms with E-state index in [0.717, 1.165) is 29.8 Å². The number of hydrazone groups is 1. The zero-order valence-corrected chi connectivity index (χ0v) is 12.7. The summed E-state index contributed by atoms with van der Waals surface area (Å²) in [5, 5.41) is 17.9. The standard InChI is InChI=1S/C12H19N5S2/c1-2-17-7-18-11(16-17)9-4-3-8(5-9)6-10-14-15-12(13)19-10/h8-9H,2-7H2,1H3,(H2,13,15)/t8-,9+/m1/s1. The molecule has 0 unspecified atom stereocenters. The van der Waals surface area contributed by atoms with Gasteiger partial charge in [-0.3, -0.25) is 5.01 Å². The molecule has 1 aliphatic heterocycles. The van der Waals surface area contributed by atoms with E-state index in [1.54, 1.807) is 0 Å². The summed E-state index contributed by atoms with van der Waals surface area (Å²) >= 11 is 3.44. The highest BCUT2D eigenvalue weighted by atomic mass is 32.2. The predicted octanol–water partition coefficient (Wildman–Crippen LogP) is 2.42. The summed E-state index contributed by atoms with van der Waals surface area (Å²) < 4.78 is 0. The van der Waals surface area contributed by atoms with Crippen molar-refractivity contribution >= 4 is 33.3 Å². The van der Waals surface area contributed by atoms with Crippen LogP contribution in [-0.4, -0.2) is 32.7 Å². The van der Waals surface area contributed by atoms with E-state index in [0.29, 0.717) is 11.0 Å². The smallest absolute Gasteiger partial charge is 0.203 e. The van der Waals surface area contributed by atoms with Gasteiger partial charge in [0.15, 0.2) is 0 Å². The molecule has 2 heterocycles. The molecule has 0 spiro atoms. The van der Waals surface area contributed by atoms with Crippen molar-refractivity contribution < 1.29 is 0 Å². The van der Waals surface area contributed by atoms with Gasteiger partial charge in [0.05, 0.1) is 10.9 Å². The first-order valence-electron chi connectivity index (χ1n) is 6.78. The van der Waals surface area contributed by atoms with Gasteiger partial charge in [-0.2, -0.15) is 5.10 Å². The third-order valence-electron chi connectivity index (χ3n) is 3.80. The lowest BCUT2D eigenvalue weighted by atomic mass is 10.0. The number of hydrogen-bond acceptors (Lipinski definition) is 7. The summed E-state index contributed by atoms with van der Waals surface area (Å²) in [6.07, 6.45) is 4.81. The minimum Gasteiger partial charge on any atom is -0.374 e. The van der Waals surface area contributed by atoms with Crippen LogP contribution >= 0.6 is 23.1 Å². The van der Waals surface area contributed by atoms with E-state index in [1.807, 2.05) is 11.8 Å². The minimum absolute atomic E-state index is 0.582. The number of rotatable bonds is 4. The molecular formula is C12H19N5S2. The van der Waals surface area contributed by atoms with Crippen LogP contribution in [0.1, 0.15) is 31.2 Å². The maximum Gasteiger partial charge on any atom is 0.203 e. The fourth-order valence-electron chi connectivity index (χ4n) is 2.78. The van der Waals surface area contributed by atoms with E-state index >= 15 is 0 Å². The molecule has 104 valence electrons. The molecule has 1 aromatic rings. The second-order valence-electron chi connectivity index (χ2n) is 5.15. The quantitative estimate of drug-likeness (QED) is 0.924. The fraction of sp³-hybridized carbons (Fsp3) is 0.750. The van der Waals surface area contributed by atoms with Gasteiger partial charge in [0.2, 0.25) is 5.13 Å². The first kappa shape index (κ1) is 13.2. The second-order valence-corrected chi connectivity index (χ2v) is 7.21. The molecule has 0 saturated heterocycles. The van der Waals surface area contributed by atoms with Gasteiger partial charge in [0, 0.05) is 18.9 Å². The molecule has 1 saturated carbocycles. The average Bonchev–Trinajstić information content (AvgIpc) is 3.10. The van der Waals surface area contributed by atoms with Crippen LogP contribution < -0.4 is 5.73 Å². The topological polar surface area (TPSA) is 67.4 Å². The van der Waals surface area contributed by atoms with Crippen LogP contribution in [0.2, 0.25) is 0 Å². The van der Waals surface area contributed by atoms with E-state index in [2.05, 4.69) is 22.1 Å². The van der Waals surface area contributed by atoms with E-state index in [9.17, 15) is 0 Å². The summed E-state index contributed by atoms with van der Waals surface area (Å²) in [6.45, 7) is 3.17. The summed E-state index contributed by atoms with van der Waals surface area (Å²) in [4.78, 5) is 0. The molecular weight excluding hydrogens is 278 g/mol. The molecule has 0 radical (unpaired) electrons. The summed E-state index contributed by atoms with van der Waals surface area (Å²) in [5.41, 5.74) is 5.63. The Bertz CT molecular complexity index is 472. The lowest BCUT2D eigenvalue weighted by Gasteiger charge is -2.09. The Morgan fingerprint density at radius 2 is 2.26 bits per heavy atom. The average molecular weight is 297 g/mol. The summed E-state index contributed by atoms with van der Waals surface area (Å²) in [6, 6.07) is 0. The summed E-state index contributed by atoms with van der Waals surface area (Å²) in [5.74, 6) is 2.41. The van der Waals surface area contributed by atoms with Gasteiger partial charge in [0.1, 0.15) is 5.01 Å². The third kappa shape index (κ3) is 3.02. The molecule has 0 bridgehead atoms. The van der Waals surface area contributed by atoms with Crippen LogP contribution in [-0.2, 0) is 6.42 Å². The van der Waals surface area contributed by atoms with Gasteiger partial charge in [-0.25, -0.2) is 0 Å². The lowest BCUT2D eigenvalue weighted by Crippen LogP contribution is -2.11. The fourth-order valence-corrected chi connectivity index (χ4v) is 4.65. The number of nitrogens with two attached hydrogens (primary N) is 1. The lowest BCUT2D eigenvalue weighted by molar-refractivity contribution is 0.365. The van der Waals surface area contributed by atoms with Crippen molar-refractivity contribution in [2.75, 3.05) is 18.2 Å². The Labute approximate surface area is 121 Å². The van der Waals surface area contributed by atoms with E-state index in [-0.39, 0.29) is 0 Å². The van der Waals surface area contributed by atoms with Crippen LogP contribution in [0, 0.1) is 11.8 Å². The SMILES string of the molecule is CCN1CSC([C@H]2CC[C@@H](Cc3nnc(N)s3)C2)=N1. The maximum absolute atomic E-state index is 5.63. The van der Waals surface area contributed by atoms with Crippen molar-refractivity contribution in [3.63, 3.8) is 0 Å². The third-order valence-corrected chi connectivity index (χ3v) is 5.72. The van der Waals surface area contributed by atoms with Crippen molar-refractivity contribution in [1.82, 2.24) is 15.2 Å². The van der Waals surface area contributed by atoms with Gasteiger partial charge in [-0.15, -0.1) is 10.2 Å². The van der Waals surface area contributed by atoms with Crippen LogP contribution in [0.15, 0.2) is 5.10 Å². The molecule has 19 heavy (non-hydrogen) atoms.